The second-order valence-corrected chi connectivity index (χ2v) is 6.51. The average Bonchev–Trinajstić information content (AvgIpc) is 3.03. The highest BCUT2D eigenvalue weighted by atomic mass is 127. The maximum atomic E-state index is 12.5. The standard InChI is InChI=1S/C18H26F3N5O.HI/c1-3-13-5-4-6-14(9-13)24-16(27)10-23-17(22-2)25-15-7-8-26(11-15)12-18(19,20)21;/h4-6,9,15H,3,7-8,10-12H2,1-2H3,(H,24,27)(H2,22,23,25);1H. The van der Waals surface area contributed by atoms with Crippen LogP contribution >= 0.6 is 24.0 Å². The lowest BCUT2D eigenvalue weighted by Crippen LogP contribution is -2.47. The molecular formula is C18H27F3IN5O. The number of nitrogens with zero attached hydrogens (tertiary/aromatic N) is 2. The Balaban J connectivity index is 0.00000392. The van der Waals surface area contributed by atoms with Gasteiger partial charge in [0.2, 0.25) is 5.91 Å². The first-order valence-corrected chi connectivity index (χ1v) is 8.94. The molecule has 1 aliphatic heterocycles. The number of aryl methyl sites for hydroxylation is 1. The van der Waals surface area contributed by atoms with Gasteiger partial charge < -0.3 is 16.0 Å². The Morgan fingerprint density at radius 3 is 2.75 bits per heavy atom. The first-order chi connectivity index (χ1) is 12.8. The molecule has 1 fully saturated rings. The Morgan fingerprint density at radius 1 is 1.36 bits per heavy atom. The molecule has 0 saturated carbocycles. The monoisotopic (exact) mass is 513 g/mol. The van der Waals surface area contributed by atoms with E-state index in [2.05, 4.69) is 20.9 Å². The number of carbonyl (C=O) groups is 1. The van der Waals surface area contributed by atoms with Crippen molar-refractivity contribution < 1.29 is 18.0 Å². The van der Waals surface area contributed by atoms with E-state index in [-0.39, 0.29) is 49.0 Å². The Morgan fingerprint density at radius 2 is 2.11 bits per heavy atom. The number of benzene rings is 1. The van der Waals surface area contributed by atoms with Crippen LogP contribution in [0.25, 0.3) is 0 Å². The first-order valence-electron chi connectivity index (χ1n) is 8.94. The minimum atomic E-state index is -4.19. The smallest absolute Gasteiger partial charge is 0.352 e. The molecule has 1 atom stereocenters. The molecule has 0 aromatic heterocycles. The van der Waals surface area contributed by atoms with Crippen LogP contribution in [0.3, 0.4) is 0 Å². The van der Waals surface area contributed by atoms with Crippen molar-refractivity contribution in [3.8, 4) is 0 Å². The quantitative estimate of drug-likeness (QED) is 0.311. The van der Waals surface area contributed by atoms with Gasteiger partial charge in [-0.05, 0) is 30.5 Å². The summed E-state index contributed by atoms with van der Waals surface area (Å²) in [5.41, 5.74) is 1.85. The van der Waals surface area contributed by atoms with Crippen molar-refractivity contribution in [3.05, 3.63) is 29.8 Å². The van der Waals surface area contributed by atoms with E-state index in [1.165, 1.54) is 4.90 Å². The van der Waals surface area contributed by atoms with Gasteiger partial charge >= 0.3 is 6.18 Å². The third-order valence-corrected chi connectivity index (χ3v) is 4.28. The molecule has 2 rings (SSSR count). The molecule has 158 valence electrons. The summed E-state index contributed by atoms with van der Waals surface area (Å²) < 4.78 is 37.4. The second kappa shape index (κ2) is 11.4. The van der Waals surface area contributed by atoms with E-state index in [0.717, 1.165) is 17.7 Å². The fraction of sp³-hybridized carbons (Fsp3) is 0.556. The topological polar surface area (TPSA) is 68.8 Å². The predicted molar refractivity (Wildman–Crippen MR) is 115 cm³/mol. The lowest BCUT2D eigenvalue weighted by molar-refractivity contribution is -0.143. The van der Waals surface area contributed by atoms with Gasteiger partial charge in [0.25, 0.3) is 0 Å². The molecule has 1 aliphatic rings. The Bertz CT molecular complexity index is 669. The Labute approximate surface area is 180 Å². The number of rotatable bonds is 6. The number of hydrogen-bond donors (Lipinski definition) is 3. The lowest BCUT2D eigenvalue weighted by Gasteiger charge is -2.19. The summed E-state index contributed by atoms with van der Waals surface area (Å²) in [4.78, 5) is 17.5. The normalized spacial score (nSPS) is 17.8. The zero-order chi connectivity index (χ0) is 19.9. The van der Waals surface area contributed by atoms with Gasteiger partial charge in [-0.1, -0.05) is 19.1 Å². The highest BCUT2D eigenvalue weighted by Gasteiger charge is 2.34. The van der Waals surface area contributed by atoms with Crippen LogP contribution in [0.15, 0.2) is 29.3 Å². The summed E-state index contributed by atoms with van der Waals surface area (Å²) in [6.07, 6.45) is -2.72. The minimum absolute atomic E-state index is 0. The van der Waals surface area contributed by atoms with E-state index in [9.17, 15) is 18.0 Å². The highest BCUT2D eigenvalue weighted by molar-refractivity contribution is 14.0. The van der Waals surface area contributed by atoms with E-state index in [1.54, 1.807) is 7.05 Å². The molecule has 0 radical (unpaired) electrons. The maximum absolute atomic E-state index is 12.5. The van der Waals surface area contributed by atoms with Crippen molar-refractivity contribution in [1.29, 1.82) is 0 Å². The average molecular weight is 513 g/mol. The van der Waals surface area contributed by atoms with Gasteiger partial charge in [0, 0.05) is 31.9 Å². The fourth-order valence-electron chi connectivity index (χ4n) is 2.97. The van der Waals surface area contributed by atoms with Gasteiger partial charge in [-0.25, -0.2) is 0 Å². The van der Waals surface area contributed by atoms with Gasteiger partial charge in [0.15, 0.2) is 5.96 Å². The van der Waals surface area contributed by atoms with Crippen molar-refractivity contribution in [1.82, 2.24) is 15.5 Å². The molecule has 0 spiro atoms. The molecule has 0 bridgehead atoms. The number of aliphatic imine (C=N–C) groups is 1. The van der Waals surface area contributed by atoms with Crippen LogP contribution in [0.1, 0.15) is 18.9 Å². The summed E-state index contributed by atoms with van der Waals surface area (Å²) in [5.74, 6) is 0.169. The van der Waals surface area contributed by atoms with Crippen LogP contribution in [-0.2, 0) is 11.2 Å². The molecule has 1 aromatic carbocycles. The van der Waals surface area contributed by atoms with Crippen LogP contribution in [0.5, 0.6) is 0 Å². The highest BCUT2D eigenvalue weighted by Crippen LogP contribution is 2.19. The second-order valence-electron chi connectivity index (χ2n) is 6.51. The van der Waals surface area contributed by atoms with Gasteiger partial charge in [0.1, 0.15) is 0 Å². The van der Waals surface area contributed by atoms with E-state index < -0.39 is 12.7 Å². The minimum Gasteiger partial charge on any atom is -0.352 e. The molecule has 1 saturated heterocycles. The summed E-state index contributed by atoms with van der Waals surface area (Å²) in [5, 5.41) is 8.77. The molecule has 1 heterocycles. The number of hydrogen-bond acceptors (Lipinski definition) is 3. The molecule has 6 nitrogen and oxygen atoms in total. The third kappa shape index (κ3) is 8.63. The molecule has 1 unspecified atom stereocenters. The zero-order valence-corrected chi connectivity index (χ0v) is 18.3. The summed E-state index contributed by atoms with van der Waals surface area (Å²) in [6, 6.07) is 7.47. The molecule has 1 aromatic rings. The van der Waals surface area contributed by atoms with Gasteiger partial charge in [-0.15, -0.1) is 24.0 Å². The number of anilines is 1. The van der Waals surface area contributed by atoms with Crippen molar-refractivity contribution in [3.63, 3.8) is 0 Å². The number of nitrogens with one attached hydrogen (secondary N) is 3. The van der Waals surface area contributed by atoms with E-state index in [1.807, 2.05) is 31.2 Å². The van der Waals surface area contributed by atoms with Crippen molar-refractivity contribution in [2.45, 2.75) is 32.0 Å². The summed E-state index contributed by atoms with van der Waals surface area (Å²) >= 11 is 0. The van der Waals surface area contributed by atoms with E-state index in [0.29, 0.717) is 18.9 Å². The number of carbonyl (C=O) groups excluding carboxylic acids is 1. The van der Waals surface area contributed by atoms with E-state index in [4.69, 9.17) is 0 Å². The molecule has 10 heteroatoms. The number of alkyl halides is 3. The largest absolute Gasteiger partial charge is 0.401 e. The molecular weight excluding hydrogens is 486 g/mol. The van der Waals surface area contributed by atoms with Gasteiger partial charge in [0.05, 0.1) is 13.1 Å². The predicted octanol–water partition coefficient (Wildman–Crippen LogP) is 2.61. The van der Waals surface area contributed by atoms with Crippen LogP contribution in [0.4, 0.5) is 18.9 Å². The number of amides is 1. The molecule has 3 N–H and O–H groups in total. The number of guanidine groups is 1. The van der Waals surface area contributed by atoms with Crippen molar-refractivity contribution >= 4 is 41.5 Å². The first kappa shape index (κ1) is 24.5. The third-order valence-electron chi connectivity index (χ3n) is 4.28. The Kier molecular flexibility index (Phi) is 10.0. The zero-order valence-electron chi connectivity index (χ0n) is 16.0. The van der Waals surface area contributed by atoms with Crippen LogP contribution in [0, 0.1) is 0 Å². The van der Waals surface area contributed by atoms with Gasteiger partial charge in [-0.2, -0.15) is 13.2 Å². The van der Waals surface area contributed by atoms with Gasteiger partial charge in [-0.3, -0.25) is 14.7 Å². The lowest BCUT2D eigenvalue weighted by atomic mass is 10.1. The SMILES string of the molecule is CCc1cccc(NC(=O)CNC(=NC)NC2CCN(CC(F)(F)F)C2)c1.I. The molecule has 28 heavy (non-hydrogen) atoms. The number of likely N-dealkylation sites (tertiary alicyclic amines) is 1. The van der Waals surface area contributed by atoms with E-state index >= 15 is 0 Å². The van der Waals surface area contributed by atoms with Crippen LogP contribution in [0.2, 0.25) is 0 Å². The molecule has 1 amide bonds. The maximum Gasteiger partial charge on any atom is 0.401 e. The van der Waals surface area contributed by atoms with Crippen molar-refractivity contribution in [2.75, 3.05) is 38.5 Å². The van der Waals surface area contributed by atoms with Crippen LogP contribution < -0.4 is 16.0 Å². The summed E-state index contributed by atoms with van der Waals surface area (Å²) in [6.45, 7) is 1.81. The summed E-state index contributed by atoms with van der Waals surface area (Å²) in [7, 11) is 1.56. The molecule has 0 aliphatic carbocycles. The fourth-order valence-corrected chi connectivity index (χ4v) is 2.97. The van der Waals surface area contributed by atoms with Crippen LogP contribution in [-0.4, -0.2) is 62.2 Å². The Hall–Kier alpha value is -1.56. The van der Waals surface area contributed by atoms with Crippen molar-refractivity contribution in [2.24, 2.45) is 4.99 Å². The number of halogens is 4.